The molecule has 0 saturated carbocycles. The summed E-state index contributed by atoms with van der Waals surface area (Å²) in [7, 11) is 0. The maximum Gasteiger partial charge on any atom is 0.256 e. The van der Waals surface area contributed by atoms with Crippen LogP contribution in [0.3, 0.4) is 0 Å². The number of carbonyl (C=O) groups is 1. The largest absolute Gasteiger partial charge is 0.378 e. The predicted molar refractivity (Wildman–Crippen MR) is 74.7 cm³/mol. The molecule has 2 rings (SSSR count). The van der Waals surface area contributed by atoms with Crippen molar-refractivity contribution in [1.29, 1.82) is 0 Å². The molecular formula is C15H22N2O2. The Morgan fingerprint density at radius 3 is 2.58 bits per heavy atom. The Bertz CT molecular complexity index is 402. The Morgan fingerprint density at radius 2 is 2.00 bits per heavy atom. The molecule has 1 fully saturated rings. The van der Waals surface area contributed by atoms with Crippen molar-refractivity contribution in [3.63, 3.8) is 0 Å². The highest BCUT2D eigenvalue weighted by atomic mass is 16.3. The Morgan fingerprint density at radius 1 is 1.37 bits per heavy atom. The van der Waals surface area contributed by atoms with Gasteiger partial charge >= 0.3 is 0 Å². The predicted octanol–water partition coefficient (Wildman–Crippen LogP) is 1.32. The summed E-state index contributed by atoms with van der Waals surface area (Å²) < 4.78 is 0. The zero-order valence-corrected chi connectivity index (χ0v) is 11.4. The lowest BCUT2D eigenvalue weighted by atomic mass is 10.0. The number of hydrogen-bond donors (Lipinski definition) is 2. The summed E-state index contributed by atoms with van der Waals surface area (Å²) in [6.07, 6.45) is 0.873. The number of carbonyl (C=O) groups excluding carboxylic acids is 1. The molecule has 104 valence electrons. The fourth-order valence-electron chi connectivity index (χ4n) is 2.65. The molecule has 0 bridgehead atoms. The Labute approximate surface area is 114 Å². The number of hydrogen-bond acceptors (Lipinski definition) is 3. The molecule has 0 aromatic heterocycles. The van der Waals surface area contributed by atoms with Crippen molar-refractivity contribution >= 4 is 5.91 Å². The van der Waals surface area contributed by atoms with Gasteiger partial charge in [0.15, 0.2) is 6.10 Å². The van der Waals surface area contributed by atoms with Crippen LogP contribution in [0.2, 0.25) is 0 Å². The van der Waals surface area contributed by atoms with Gasteiger partial charge in [-0.05, 0) is 38.4 Å². The molecule has 1 aliphatic rings. The number of amides is 1. The van der Waals surface area contributed by atoms with Gasteiger partial charge in [0.25, 0.3) is 5.91 Å². The average Bonchev–Trinajstić information content (AvgIpc) is 2.49. The van der Waals surface area contributed by atoms with E-state index in [0.717, 1.165) is 25.9 Å². The normalized spacial score (nSPS) is 18.0. The third kappa shape index (κ3) is 3.33. The number of piperidine rings is 1. The molecule has 1 aromatic carbocycles. The first-order valence-electron chi connectivity index (χ1n) is 6.98. The van der Waals surface area contributed by atoms with Crippen molar-refractivity contribution in [2.75, 3.05) is 19.6 Å². The molecule has 19 heavy (non-hydrogen) atoms. The van der Waals surface area contributed by atoms with E-state index in [1.165, 1.54) is 0 Å². The van der Waals surface area contributed by atoms with Gasteiger partial charge in [0.2, 0.25) is 0 Å². The van der Waals surface area contributed by atoms with Gasteiger partial charge in [-0.3, -0.25) is 4.79 Å². The number of nitrogens with zero attached hydrogens (tertiary/aromatic N) is 1. The lowest BCUT2D eigenvalue weighted by Crippen LogP contribution is -2.47. The molecule has 0 spiro atoms. The summed E-state index contributed by atoms with van der Waals surface area (Å²) >= 11 is 0. The summed E-state index contributed by atoms with van der Waals surface area (Å²) in [4.78, 5) is 14.2. The second-order valence-corrected chi connectivity index (χ2v) is 4.92. The van der Waals surface area contributed by atoms with E-state index < -0.39 is 6.10 Å². The van der Waals surface area contributed by atoms with Crippen LogP contribution in [0.25, 0.3) is 0 Å². The van der Waals surface area contributed by atoms with Gasteiger partial charge in [0.05, 0.1) is 0 Å². The molecule has 1 atom stereocenters. The second kappa shape index (κ2) is 6.68. The molecule has 1 unspecified atom stereocenters. The third-order valence-electron chi connectivity index (χ3n) is 3.72. The lowest BCUT2D eigenvalue weighted by Gasteiger charge is -2.35. The minimum atomic E-state index is -1.05. The van der Waals surface area contributed by atoms with E-state index >= 15 is 0 Å². The van der Waals surface area contributed by atoms with E-state index in [0.29, 0.717) is 12.1 Å². The highest BCUT2D eigenvalue weighted by Gasteiger charge is 2.29. The number of rotatable bonds is 4. The lowest BCUT2D eigenvalue weighted by molar-refractivity contribution is -0.143. The molecule has 1 saturated heterocycles. The topological polar surface area (TPSA) is 52.6 Å². The average molecular weight is 262 g/mol. The number of likely N-dealkylation sites (N-methyl/N-ethyl adjacent to an activating group) is 1. The highest BCUT2D eigenvalue weighted by Crippen LogP contribution is 2.20. The van der Waals surface area contributed by atoms with Gasteiger partial charge in [-0.1, -0.05) is 30.3 Å². The van der Waals surface area contributed by atoms with E-state index in [1.54, 1.807) is 12.1 Å². The number of nitrogens with one attached hydrogen (secondary N) is 1. The van der Waals surface area contributed by atoms with Crippen LogP contribution in [0.15, 0.2) is 30.3 Å². The first-order valence-corrected chi connectivity index (χ1v) is 6.98. The molecule has 1 aliphatic heterocycles. The third-order valence-corrected chi connectivity index (χ3v) is 3.72. The van der Waals surface area contributed by atoms with Crippen molar-refractivity contribution in [1.82, 2.24) is 10.2 Å². The summed E-state index contributed by atoms with van der Waals surface area (Å²) in [5, 5.41) is 13.5. The van der Waals surface area contributed by atoms with E-state index in [1.807, 2.05) is 30.0 Å². The monoisotopic (exact) mass is 262 g/mol. The van der Waals surface area contributed by atoms with Crippen LogP contribution < -0.4 is 5.32 Å². The van der Waals surface area contributed by atoms with Gasteiger partial charge in [-0.15, -0.1) is 0 Å². The fraction of sp³-hybridized carbons (Fsp3) is 0.533. The molecule has 1 heterocycles. The van der Waals surface area contributed by atoms with Gasteiger partial charge in [0, 0.05) is 12.6 Å². The minimum absolute atomic E-state index is 0.180. The van der Waals surface area contributed by atoms with Crippen molar-refractivity contribution in [2.45, 2.75) is 31.9 Å². The standard InChI is InChI=1S/C15H22N2O2/c1-2-17(13-8-10-16-11-9-13)15(19)14(18)12-6-4-3-5-7-12/h3-7,13-14,16,18H,2,8-11H2,1H3. The Hall–Kier alpha value is -1.39. The number of aliphatic hydroxyl groups is 1. The van der Waals surface area contributed by atoms with Crippen molar-refractivity contribution in [2.24, 2.45) is 0 Å². The van der Waals surface area contributed by atoms with Gasteiger partial charge < -0.3 is 15.3 Å². The van der Waals surface area contributed by atoms with Crippen LogP contribution in [-0.2, 0) is 4.79 Å². The highest BCUT2D eigenvalue weighted by molar-refractivity contribution is 5.82. The zero-order valence-electron chi connectivity index (χ0n) is 11.4. The zero-order chi connectivity index (χ0) is 13.7. The molecule has 2 N–H and O–H groups in total. The van der Waals surface area contributed by atoms with Gasteiger partial charge in [0.1, 0.15) is 0 Å². The smallest absolute Gasteiger partial charge is 0.256 e. The van der Waals surface area contributed by atoms with E-state index in [-0.39, 0.29) is 11.9 Å². The first kappa shape index (κ1) is 14.0. The van der Waals surface area contributed by atoms with Crippen LogP contribution in [0.5, 0.6) is 0 Å². The van der Waals surface area contributed by atoms with Crippen LogP contribution in [0, 0.1) is 0 Å². The fourth-order valence-corrected chi connectivity index (χ4v) is 2.65. The van der Waals surface area contributed by atoms with E-state index in [9.17, 15) is 9.90 Å². The molecule has 4 nitrogen and oxygen atoms in total. The molecule has 1 aromatic rings. The maximum atomic E-state index is 12.4. The number of aliphatic hydroxyl groups excluding tert-OH is 1. The molecular weight excluding hydrogens is 240 g/mol. The van der Waals surface area contributed by atoms with E-state index in [4.69, 9.17) is 0 Å². The van der Waals surface area contributed by atoms with Crippen LogP contribution in [-0.4, -0.2) is 41.6 Å². The molecule has 4 heteroatoms. The van der Waals surface area contributed by atoms with Crippen molar-refractivity contribution in [3.05, 3.63) is 35.9 Å². The molecule has 0 aliphatic carbocycles. The quantitative estimate of drug-likeness (QED) is 0.860. The summed E-state index contributed by atoms with van der Waals surface area (Å²) in [5.41, 5.74) is 0.667. The second-order valence-electron chi connectivity index (χ2n) is 4.92. The van der Waals surface area contributed by atoms with Gasteiger partial charge in [-0.2, -0.15) is 0 Å². The van der Waals surface area contributed by atoms with Crippen molar-refractivity contribution < 1.29 is 9.90 Å². The summed E-state index contributed by atoms with van der Waals surface area (Å²) in [6.45, 7) is 4.50. The molecule has 1 amide bonds. The Kier molecular flexibility index (Phi) is 4.93. The van der Waals surface area contributed by atoms with Crippen LogP contribution in [0.1, 0.15) is 31.4 Å². The number of benzene rings is 1. The Balaban J connectivity index is 2.07. The minimum Gasteiger partial charge on any atom is -0.378 e. The maximum absolute atomic E-state index is 12.4. The molecule has 0 radical (unpaired) electrons. The first-order chi connectivity index (χ1) is 9.24. The SMILES string of the molecule is CCN(C(=O)C(O)c1ccccc1)C1CCNCC1. The van der Waals surface area contributed by atoms with Crippen molar-refractivity contribution in [3.8, 4) is 0 Å². The summed E-state index contributed by atoms with van der Waals surface area (Å²) in [5.74, 6) is -0.180. The van der Waals surface area contributed by atoms with Crippen LogP contribution >= 0.6 is 0 Å². The van der Waals surface area contributed by atoms with E-state index in [2.05, 4.69) is 5.32 Å². The summed E-state index contributed by atoms with van der Waals surface area (Å²) in [6, 6.07) is 9.39. The van der Waals surface area contributed by atoms with Gasteiger partial charge in [-0.25, -0.2) is 0 Å². The van der Waals surface area contributed by atoms with Crippen LogP contribution in [0.4, 0.5) is 0 Å².